The lowest BCUT2D eigenvalue weighted by atomic mass is 10.0. The third-order valence-corrected chi connectivity index (χ3v) is 4.10. The van der Waals surface area contributed by atoms with Gasteiger partial charge in [0, 0.05) is 11.1 Å². The maximum atomic E-state index is 13.5. The lowest BCUT2D eigenvalue weighted by Gasteiger charge is -2.09. The molecule has 0 saturated heterocycles. The molecule has 21 heavy (non-hydrogen) atoms. The first-order valence-electron chi connectivity index (χ1n) is 6.45. The van der Waals surface area contributed by atoms with E-state index >= 15 is 0 Å². The lowest BCUT2D eigenvalue weighted by Crippen LogP contribution is -2.03. The van der Waals surface area contributed by atoms with Gasteiger partial charge in [0.2, 0.25) is 0 Å². The van der Waals surface area contributed by atoms with Gasteiger partial charge in [0.25, 0.3) is 0 Å². The molecule has 0 unspecified atom stereocenters. The first-order valence-corrected chi connectivity index (χ1v) is 8.03. The first kappa shape index (κ1) is 16.2. The van der Waals surface area contributed by atoms with Crippen molar-refractivity contribution in [3.63, 3.8) is 0 Å². The standard InChI is InChI=1S/C16H13Br2FO2/c1-2-7-21-15-6-4-10(8-13(15)18)16(20)11-3-5-12(17)14(19)9-11/h3-6,8-9H,2,7H2,1H3. The summed E-state index contributed by atoms with van der Waals surface area (Å²) in [4.78, 5) is 12.3. The summed E-state index contributed by atoms with van der Waals surface area (Å²) in [5.74, 6) is 0.00217. The van der Waals surface area contributed by atoms with Gasteiger partial charge in [-0.25, -0.2) is 4.39 Å². The highest BCUT2D eigenvalue weighted by Crippen LogP contribution is 2.27. The van der Waals surface area contributed by atoms with Gasteiger partial charge >= 0.3 is 0 Å². The minimum Gasteiger partial charge on any atom is -0.492 e. The normalized spacial score (nSPS) is 10.5. The number of ketones is 1. The minimum absolute atomic E-state index is 0.232. The van der Waals surface area contributed by atoms with Crippen LogP contribution in [0.1, 0.15) is 29.3 Å². The van der Waals surface area contributed by atoms with Crippen molar-refractivity contribution in [3.8, 4) is 5.75 Å². The molecular formula is C16H13Br2FO2. The van der Waals surface area contributed by atoms with E-state index in [0.29, 0.717) is 32.4 Å². The van der Waals surface area contributed by atoms with Crippen LogP contribution in [0.5, 0.6) is 5.75 Å². The second-order valence-corrected chi connectivity index (χ2v) is 6.16. The van der Waals surface area contributed by atoms with Crippen LogP contribution >= 0.6 is 31.9 Å². The molecule has 2 nitrogen and oxygen atoms in total. The van der Waals surface area contributed by atoms with Gasteiger partial charge in [0.15, 0.2) is 5.78 Å². The van der Waals surface area contributed by atoms with Crippen LogP contribution in [0, 0.1) is 5.82 Å². The second kappa shape index (κ2) is 7.18. The Labute approximate surface area is 139 Å². The molecule has 0 fully saturated rings. The molecule has 110 valence electrons. The Balaban J connectivity index is 2.27. The van der Waals surface area contributed by atoms with E-state index in [9.17, 15) is 9.18 Å². The molecular weight excluding hydrogens is 403 g/mol. The number of halogens is 3. The van der Waals surface area contributed by atoms with Gasteiger partial charge in [-0.2, -0.15) is 0 Å². The summed E-state index contributed by atoms with van der Waals surface area (Å²) >= 11 is 6.46. The predicted molar refractivity (Wildman–Crippen MR) is 87.5 cm³/mol. The molecule has 0 aromatic heterocycles. The SMILES string of the molecule is CCCOc1ccc(C(=O)c2ccc(Br)c(F)c2)cc1Br. The molecule has 0 amide bonds. The molecule has 0 aliphatic carbocycles. The predicted octanol–water partition coefficient (Wildman–Crippen LogP) is 5.37. The van der Waals surface area contributed by atoms with Gasteiger partial charge in [-0.1, -0.05) is 6.92 Å². The summed E-state index contributed by atoms with van der Waals surface area (Å²) in [6.45, 7) is 2.64. The van der Waals surface area contributed by atoms with Crippen LogP contribution in [0.2, 0.25) is 0 Å². The molecule has 2 aromatic rings. The molecule has 0 saturated carbocycles. The Bertz CT molecular complexity index is 671. The van der Waals surface area contributed by atoms with Crippen LogP contribution in [0.25, 0.3) is 0 Å². The van der Waals surface area contributed by atoms with Crippen LogP contribution in [-0.2, 0) is 0 Å². The molecule has 0 heterocycles. The van der Waals surface area contributed by atoms with Crippen LogP contribution in [0.4, 0.5) is 4.39 Å². The van der Waals surface area contributed by atoms with Crippen molar-refractivity contribution in [1.82, 2.24) is 0 Å². The van der Waals surface area contributed by atoms with Gasteiger partial charge in [-0.05, 0) is 74.7 Å². The fraction of sp³-hybridized carbons (Fsp3) is 0.188. The largest absolute Gasteiger partial charge is 0.492 e. The minimum atomic E-state index is -0.456. The van der Waals surface area contributed by atoms with E-state index in [4.69, 9.17) is 4.74 Å². The zero-order valence-electron chi connectivity index (χ0n) is 11.3. The number of carbonyl (C=O) groups is 1. The third-order valence-electron chi connectivity index (χ3n) is 2.84. The Kier molecular flexibility index (Phi) is 5.53. The van der Waals surface area contributed by atoms with Gasteiger partial charge in [0.1, 0.15) is 11.6 Å². The monoisotopic (exact) mass is 414 g/mol. The average molecular weight is 416 g/mol. The summed E-state index contributed by atoms with van der Waals surface area (Å²) in [5.41, 5.74) is 0.789. The summed E-state index contributed by atoms with van der Waals surface area (Å²) in [7, 11) is 0. The van der Waals surface area contributed by atoms with Gasteiger partial charge in [-0.3, -0.25) is 4.79 Å². The van der Waals surface area contributed by atoms with Crippen molar-refractivity contribution < 1.29 is 13.9 Å². The zero-order chi connectivity index (χ0) is 15.4. The number of hydrogen-bond donors (Lipinski definition) is 0. The van der Waals surface area contributed by atoms with Gasteiger partial charge < -0.3 is 4.74 Å². The van der Waals surface area contributed by atoms with Crippen LogP contribution in [-0.4, -0.2) is 12.4 Å². The van der Waals surface area contributed by atoms with E-state index in [0.717, 1.165) is 6.42 Å². The van der Waals surface area contributed by atoms with E-state index < -0.39 is 5.82 Å². The Morgan fingerprint density at radius 1 is 1.10 bits per heavy atom. The average Bonchev–Trinajstić information content (AvgIpc) is 2.48. The smallest absolute Gasteiger partial charge is 0.193 e. The van der Waals surface area contributed by atoms with E-state index in [-0.39, 0.29) is 5.78 Å². The first-order chi connectivity index (χ1) is 10.0. The zero-order valence-corrected chi connectivity index (χ0v) is 14.5. The number of benzene rings is 2. The van der Waals surface area contributed by atoms with E-state index in [1.807, 2.05) is 6.92 Å². The molecule has 0 aliphatic heterocycles. The van der Waals surface area contributed by atoms with Crippen molar-refractivity contribution in [1.29, 1.82) is 0 Å². The second-order valence-electron chi connectivity index (χ2n) is 4.45. The number of carbonyl (C=O) groups excluding carboxylic acids is 1. The Morgan fingerprint density at radius 2 is 1.76 bits per heavy atom. The van der Waals surface area contributed by atoms with Crippen molar-refractivity contribution in [2.75, 3.05) is 6.61 Å². The van der Waals surface area contributed by atoms with E-state index in [2.05, 4.69) is 31.9 Å². The third kappa shape index (κ3) is 3.92. The molecule has 0 N–H and O–H groups in total. The summed E-state index contributed by atoms with van der Waals surface area (Å²) in [6.07, 6.45) is 0.908. The molecule has 0 spiro atoms. The number of rotatable bonds is 5. The number of ether oxygens (including phenoxy) is 1. The Morgan fingerprint density at radius 3 is 2.38 bits per heavy atom. The van der Waals surface area contributed by atoms with Crippen molar-refractivity contribution >= 4 is 37.6 Å². The quantitative estimate of drug-likeness (QED) is 0.613. The number of hydrogen-bond acceptors (Lipinski definition) is 2. The summed E-state index contributed by atoms with van der Waals surface area (Å²) in [5, 5.41) is 0. The fourth-order valence-corrected chi connectivity index (χ4v) is 2.52. The molecule has 2 aromatic carbocycles. The van der Waals surface area contributed by atoms with E-state index in [1.165, 1.54) is 12.1 Å². The Hall–Kier alpha value is -1.20. The van der Waals surface area contributed by atoms with Crippen molar-refractivity contribution in [2.45, 2.75) is 13.3 Å². The molecule has 2 rings (SSSR count). The van der Waals surface area contributed by atoms with Gasteiger partial charge in [-0.15, -0.1) is 0 Å². The summed E-state index contributed by atoms with van der Waals surface area (Å²) in [6, 6.07) is 9.44. The van der Waals surface area contributed by atoms with Crippen molar-refractivity contribution in [2.24, 2.45) is 0 Å². The molecule has 0 atom stereocenters. The van der Waals surface area contributed by atoms with Crippen LogP contribution in [0.15, 0.2) is 45.3 Å². The fourth-order valence-electron chi connectivity index (χ4n) is 1.78. The van der Waals surface area contributed by atoms with Crippen LogP contribution < -0.4 is 4.74 Å². The van der Waals surface area contributed by atoms with Gasteiger partial charge in [0.05, 0.1) is 15.6 Å². The molecule has 0 bridgehead atoms. The molecule has 0 aliphatic rings. The topological polar surface area (TPSA) is 26.3 Å². The highest BCUT2D eigenvalue weighted by molar-refractivity contribution is 9.10. The summed E-state index contributed by atoms with van der Waals surface area (Å²) < 4.78 is 20.1. The highest BCUT2D eigenvalue weighted by atomic mass is 79.9. The molecule has 0 radical (unpaired) electrons. The van der Waals surface area contributed by atoms with E-state index in [1.54, 1.807) is 24.3 Å². The maximum Gasteiger partial charge on any atom is 0.193 e. The van der Waals surface area contributed by atoms with Crippen molar-refractivity contribution in [3.05, 3.63) is 62.3 Å². The highest BCUT2D eigenvalue weighted by Gasteiger charge is 2.13. The lowest BCUT2D eigenvalue weighted by molar-refractivity contribution is 0.103. The van der Waals surface area contributed by atoms with Crippen LogP contribution in [0.3, 0.4) is 0 Å². The molecule has 5 heteroatoms. The maximum absolute atomic E-state index is 13.5.